The van der Waals surface area contributed by atoms with Gasteiger partial charge in [-0.15, -0.1) is 0 Å². The topological polar surface area (TPSA) is 69.4 Å². The minimum Gasteiger partial charge on any atom is -0.453 e. The maximum absolute atomic E-state index is 11.6. The first-order valence-electron chi connectivity index (χ1n) is 6.05. The van der Waals surface area contributed by atoms with E-state index in [1.54, 1.807) is 0 Å². The average molecular weight is 225 g/mol. The van der Waals surface area contributed by atoms with Gasteiger partial charge in [-0.05, 0) is 43.9 Å². The Kier molecular flexibility index (Phi) is 3.17. The van der Waals surface area contributed by atoms with Crippen molar-refractivity contribution in [2.45, 2.75) is 45.1 Å². The fourth-order valence-electron chi connectivity index (χ4n) is 3.14. The lowest BCUT2D eigenvalue weighted by atomic mass is 9.86. The summed E-state index contributed by atoms with van der Waals surface area (Å²) in [5.41, 5.74) is 5.04. The highest BCUT2D eigenvalue weighted by Gasteiger charge is 2.40. The lowest BCUT2D eigenvalue weighted by molar-refractivity contribution is -0.155. The molecule has 0 unspecified atom stereocenters. The van der Waals surface area contributed by atoms with Crippen LogP contribution in [-0.4, -0.2) is 18.0 Å². The molecule has 2 rings (SSSR count). The van der Waals surface area contributed by atoms with Crippen LogP contribution in [0.2, 0.25) is 0 Å². The fourth-order valence-corrected chi connectivity index (χ4v) is 3.14. The predicted molar refractivity (Wildman–Crippen MR) is 58.3 cm³/mol. The zero-order chi connectivity index (χ0) is 11.7. The zero-order valence-electron chi connectivity index (χ0n) is 9.65. The molecule has 2 aliphatic rings. The summed E-state index contributed by atoms with van der Waals surface area (Å²) in [7, 11) is 0. The molecule has 2 bridgehead atoms. The Hall–Kier alpha value is -1.06. The summed E-state index contributed by atoms with van der Waals surface area (Å²) in [6.07, 6.45) is 4.68. The van der Waals surface area contributed by atoms with Crippen molar-refractivity contribution in [3.8, 4) is 0 Å². The number of hydrogen-bond donors (Lipinski definition) is 1. The smallest absolute Gasteiger partial charge is 0.306 e. The van der Waals surface area contributed by atoms with Gasteiger partial charge in [-0.2, -0.15) is 0 Å². The van der Waals surface area contributed by atoms with Crippen LogP contribution in [-0.2, 0) is 14.3 Å². The van der Waals surface area contributed by atoms with Gasteiger partial charge in [0.05, 0.1) is 0 Å². The summed E-state index contributed by atoms with van der Waals surface area (Å²) in [5.74, 6) is 1.16. The minimum atomic E-state index is -0.800. The van der Waals surface area contributed by atoms with E-state index >= 15 is 0 Å². The molecule has 2 N–H and O–H groups in total. The molecular weight excluding hydrogens is 206 g/mol. The molecule has 0 heterocycles. The fraction of sp³-hybridized carbons (Fsp3) is 0.833. The van der Waals surface area contributed by atoms with Gasteiger partial charge in [0.15, 0.2) is 6.10 Å². The predicted octanol–water partition coefficient (Wildman–Crippen LogP) is 1.23. The van der Waals surface area contributed by atoms with Crippen molar-refractivity contribution in [2.24, 2.45) is 23.5 Å². The number of hydrogen-bond acceptors (Lipinski definition) is 3. The van der Waals surface area contributed by atoms with Crippen LogP contribution in [0.5, 0.6) is 0 Å². The average Bonchev–Trinajstić information content (AvgIpc) is 2.78. The van der Waals surface area contributed by atoms with E-state index in [2.05, 4.69) is 0 Å². The van der Waals surface area contributed by atoms with E-state index < -0.39 is 12.0 Å². The molecule has 2 saturated carbocycles. The van der Waals surface area contributed by atoms with Crippen LogP contribution in [0.25, 0.3) is 0 Å². The normalized spacial score (nSPS) is 33.7. The Morgan fingerprint density at radius 3 is 2.62 bits per heavy atom. The third-order valence-electron chi connectivity index (χ3n) is 4.02. The van der Waals surface area contributed by atoms with E-state index in [9.17, 15) is 9.59 Å². The SMILES string of the molecule is C[C@@H](OC(=O)C[C@H]1C[C@@H]2CC[C@H]1C2)C(N)=O. The van der Waals surface area contributed by atoms with Crippen LogP contribution >= 0.6 is 0 Å². The second kappa shape index (κ2) is 4.44. The number of carbonyl (C=O) groups excluding carboxylic acids is 2. The molecule has 0 aliphatic heterocycles. The van der Waals surface area contributed by atoms with Crippen LogP contribution in [0.4, 0.5) is 0 Å². The Balaban J connectivity index is 1.77. The van der Waals surface area contributed by atoms with Crippen LogP contribution in [0.15, 0.2) is 0 Å². The molecule has 0 saturated heterocycles. The largest absolute Gasteiger partial charge is 0.453 e. The number of ether oxygens (including phenoxy) is 1. The molecule has 0 aromatic heterocycles. The molecule has 2 aliphatic carbocycles. The quantitative estimate of drug-likeness (QED) is 0.731. The number of fused-ring (bicyclic) bond motifs is 2. The van der Waals surface area contributed by atoms with Crippen molar-refractivity contribution in [3.63, 3.8) is 0 Å². The molecule has 4 atom stereocenters. The molecule has 90 valence electrons. The molecule has 16 heavy (non-hydrogen) atoms. The van der Waals surface area contributed by atoms with E-state index in [1.165, 1.54) is 26.2 Å². The van der Waals surface area contributed by atoms with Crippen LogP contribution in [0.1, 0.15) is 39.0 Å². The minimum absolute atomic E-state index is 0.274. The second-order valence-corrected chi connectivity index (χ2v) is 5.17. The molecule has 4 heteroatoms. The van der Waals surface area contributed by atoms with Crippen molar-refractivity contribution in [1.29, 1.82) is 0 Å². The van der Waals surface area contributed by atoms with Crippen molar-refractivity contribution in [3.05, 3.63) is 0 Å². The molecule has 0 aromatic carbocycles. The molecule has 2 fully saturated rings. The van der Waals surface area contributed by atoms with Gasteiger partial charge >= 0.3 is 5.97 Å². The third kappa shape index (κ3) is 2.36. The highest BCUT2D eigenvalue weighted by molar-refractivity contribution is 5.81. The van der Waals surface area contributed by atoms with Gasteiger partial charge in [-0.3, -0.25) is 9.59 Å². The number of rotatable bonds is 4. The highest BCUT2D eigenvalue weighted by atomic mass is 16.5. The van der Waals surface area contributed by atoms with Crippen molar-refractivity contribution in [2.75, 3.05) is 0 Å². The number of esters is 1. The summed E-state index contributed by atoms with van der Waals surface area (Å²) in [5, 5.41) is 0. The Morgan fingerprint density at radius 1 is 1.38 bits per heavy atom. The number of nitrogens with two attached hydrogens (primary N) is 1. The van der Waals surface area contributed by atoms with Gasteiger partial charge in [-0.25, -0.2) is 0 Å². The lowest BCUT2D eigenvalue weighted by Gasteiger charge is -2.21. The van der Waals surface area contributed by atoms with E-state index in [4.69, 9.17) is 10.5 Å². The molecular formula is C12H19NO3. The van der Waals surface area contributed by atoms with Gasteiger partial charge < -0.3 is 10.5 Å². The standard InChI is InChI=1S/C12H19NO3/c1-7(12(13)15)16-11(14)6-10-5-8-2-3-9(10)4-8/h7-10H,2-6H2,1H3,(H2,13,15)/t7-,8-,9+,10-/m1/s1. The second-order valence-electron chi connectivity index (χ2n) is 5.17. The van der Waals surface area contributed by atoms with E-state index in [1.807, 2.05) is 0 Å². The van der Waals surface area contributed by atoms with Gasteiger partial charge in [0.25, 0.3) is 5.91 Å². The van der Waals surface area contributed by atoms with E-state index in [-0.39, 0.29) is 5.97 Å². The number of carbonyl (C=O) groups is 2. The number of primary amides is 1. The van der Waals surface area contributed by atoms with E-state index in [0.29, 0.717) is 18.3 Å². The van der Waals surface area contributed by atoms with Crippen LogP contribution in [0.3, 0.4) is 0 Å². The first-order valence-corrected chi connectivity index (χ1v) is 6.05. The summed E-state index contributed by atoms with van der Waals surface area (Å²) >= 11 is 0. The van der Waals surface area contributed by atoms with Gasteiger partial charge in [-0.1, -0.05) is 6.42 Å². The summed E-state index contributed by atoms with van der Waals surface area (Å²) in [4.78, 5) is 22.3. The Bertz CT molecular complexity index is 303. The lowest BCUT2D eigenvalue weighted by Crippen LogP contribution is -2.31. The molecule has 1 amide bonds. The first kappa shape index (κ1) is 11.4. The van der Waals surface area contributed by atoms with E-state index in [0.717, 1.165) is 12.3 Å². The van der Waals surface area contributed by atoms with Gasteiger partial charge in [0.2, 0.25) is 0 Å². The van der Waals surface area contributed by atoms with Crippen LogP contribution < -0.4 is 5.73 Å². The zero-order valence-corrected chi connectivity index (χ0v) is 9.65. The summed E-state index contributed by atoms with van der Waals surface area (Å²) in [6, 6.07) is 0. The molecule has 4 nitrogen and oxygen atoms in total. The molecule has 0 aromatic rings. The van der Waals surface area contributed by atoms with Gasteiger partial charge in [0, 0.05) is 6.42 Å². The number of amides is 1. The summed E-state index contributed by atoms with van der Waals surface area (Å²) < 4.78 is 4.97. The van der Waals surface area contributed by atoms with Crippen molar-refractivity contribution < 1.29 is 14.3 Å². The van der Waals surface area contributed by atoms with Crippen molar-refractivity contribution >= 4 is 11.9 Å². The molecule has 0 radical (unpaired) electrons. The summed E-state index contributed by atoms with van der Waals surface area (Å²) in [6.45, 7) is 1.51. The van der Waals surface area contributed by atoms with Crippen molar-refractivity contribution in [1.82, 2.24) is 0 Å². The Labute approximate surface area is 95.5 Å². The first-order chi connectivity index (χ1) is 7.56. The maximum atomic E-state index is 11.6. The molecule has 0 spiro atoms. The monoisotopic (exact) mass is 225 g/mol. The van der Waals surface area contributed by atoms with Gasteiger partial charge in [0.1, 0.15) is 0 Å². The van der Waals surface area contributed by atoms with Crippen LogP contribution in [0, 0.1) is 17.8 Å². The third-order valence-corrected chi connectivity index (χ3v) is 4.02. The maximum Gasteiger partial charge on any atom is 0.306 e. The Morgan fingerprint density at radius 2 is 2.12 bits per heavy atom. The highest BCUT2D eigenvalue weighted by Crippen LogP contribution is 2.49.